The van der Waals surface area contributed by atoms with Crippen LogP contribution in [0.5, 0.6) is 0 Å². The van der Waals surface area contributed by atoms with Crippen LogP contribution in [0.4, 0.5) is 8.78 Å². The first-order valence-corrected chi connectivity index (χ1v) is 6.87. The van der Waals surface area contributed by atoms with Crippen LogP contribution in [0.25, 0.3) is 0 Å². The number of hydrogen-bond donors (Lipinski definition) is 2. The van der Waals surface area contributed by atoms with Crippen molar-refractivity contribution in [2.45, 2.75) is 24.3 Å². The number of amides is 1. The average molecular weight is 322 g/mol. The first-order valence-electron chi connectivity index (χ1n) is 5.82. The van der Waals surface area contributed by atoms with Crippen LogP contribution in [0, 0.1) is 0 Å². The van der Waals surface area contributed by atoms with Gasteiger partial charge in [0.2, 0.25) is 0 Å². The molecule has 1 saturated heterocycles. The number of β-lactam (4-membered cyclic amide) rings is 1. The van der Waals surface area contributed by atoms with Gasteiger partial charge >= 0.3 is 11.9 Å². The maximum absolute atomic E-state index is 12.9. The normalized spacial score (nSPS) is 28.3. The van der Waals surface area contributed by atoms with Gasteiger partial charge in [0.15, 0.2) is 5.54 Å². The summed E-state index contributed by atoms with van der Waals surface area (Å²) in [5, 5.41) is 8.05. The molecule has 116 valence electrons. The van der Waals surface area contributed by atoms with Crippen molar-refractivity contribution in [1.82, 2.24) is 4.90 Å². The number of carbonyl (C=O) groups excluding carboxylic acids is 2. The van der Waals surface area contributed by atoms with Gasteiger partial charge in [0.1, 0.15) is 17.7 Å². The molecule has 2 heterocycles. The molecule has 0 saturated carbocycles. The third-order valence-corrected chi connectivity index (χ3v) is 4.67. The molecule has 0 spiro atoms. The summed E-state index contributed by atoms with van der Waals surface area (Å²) in [6, 6.07) is 0. The van der Waals surface area contributed by atoms with Crippen LogP contribution in [0.1, 0.15) is 6.92 Å². The highest BCUT2D eigenvalue weighted by Crippen LogP contribution is 2.47. The zero-order valence-corrected chi connectivity index (χ0v) is 11.7. The van der Waals surface area contributed by atoms with Gasteiger partial charge < -0.3 is 15.6 Å². The zero-order chi connectivity index (χ0) is 15.9. The van der Waals surface area contributed by atoms with E-state index in [0.29, 0.717) is 0 Å². The van der Waals surface area contributed by atoms with Gasteiger partial charge in [-0.25, -0.2) is 13.6 Å². The van der Waals surface area contributed by atoms with E-state index in [1.54, 1.807) is 0 Å². The van der Waals surface area contributed by atoms with Crippen LogP contribution in [0.2, 0.25) is 0 Å². The molecule has 0 radical (unpaired) electrons. The molecule has 1 fully saturated rings. The van der Waals surface area contributed by atoms with Crippen LogP contribution in [-0.2, 0) is 19.1 Å². The maximum Gasteiger partial charge on any atom is 0.352 e. The number of rotatable bonds is 4. The lowest BCUT2D eigenvalue weighted by Crippen LogP contribution is -2.81. The second kappa shape index (κ2) is 5.26. The molecule has 1 unspecified atom stereocenters. The molecule has 10 heteroatoms. The van der Waals surface area contributed by atoms with Gasteiger partial charge in [0.05, 0.1) is 0 Å². The van der Waals surface area contributed by atoms with E-state index in [0.717, 1.165) is 23.6 Å². The second-order valence-corrected chi connectivity index (χ2v) is 5.68. The predicted molar refractivity (Wildman–Crippen MR) is 67.3 cm³/mol. The van der Waals surface area contributed by atoms with E-state index >= 15 is 0 Å². The first kappa shape index (κ1) is 15.7. The second-order valence-electron chi connectivity index (χ2n) is 4.61. The topological polar surface area (TPSA) is 110 Å². The highest BCUT2D eigenvalue weighted by atomic mass is 32.2. The highest BCUT2D eigenvalue weighted by Gasteiger charge is 2.67. The molecule has 21 heavy (non-hydrogen) atoms. The van der Waals surface area contributed by atoms with Crippen molar-refractivity contribution in [3.8, 4) is 0 Å². The van der Waals surface area contributed by atoms with E-state index in [1.165, 1.54) is 0 Å². The summed E-state index contributed by atoms with van der Waals surface area (Å²) in [6.45, 7) is 0.836. The molecule has 7 nitrogen and oxygen atoms in total. The number of thioether (sulfide) groups is 1. The molecule has 2 rings (SSSR count). The van der Waals surface area contributed by atoms with Gasteiger partial charge in [0.25, 0.3) is 12.3 Å². The number of carboxylic acid groups (broad SMARTS) is 1. The van der Waals surface area contributed by atoms with Crippen molar-refractivity contribution < 1.29 is 33.0 Å². The van der Waals surface area contributed by atoms with Crippen molar-refractivity contribution in [2.75, 3.05) is 12.4 Å². The van der Waals surface area contributed by atoms with E-state index < -0.39 is 40.9 Å². The van der Waals surface area contributed by atoms with Crippen molar-refractivity contribution in [3.05, 3.63) is 11.3 Å². The van der Waals surface area contributed by atoms with Crippen molar-refractivity contribution >= 4 is 29.6 Å². The van der Waals surface area contributed by atoms with Crippen LogP contribution in [0.15, 0.2) is 11.3 Å². The summed E-state index contributed by atoms with van der Waals surface area (Å²) < 4.78 is 30.6. The number of halogens is 2. The summed E-state index contributed by atoms with van der Waals surface area (Å²) in [7, 11) is 0. The Morgan fingerprint density at radius 3 is 2.71 bits per heavy atom. The van der Waals surface area contributed by atoms with E-state index in [9.17, 15) is 28.3 Å². The van der Waals surface area contributed by atoms with Crippen LogP contribution in [-0.4, -0.2) is 57.6 Å². The highest BCUT2D eigenvalue weighted by molar-refractivity contribution is 8.00. The van der Waals surface area contributed by atoms with Crippen molar-refractivity contribution in [3.63, 3.8) is 0 Å². The summed E-state index contributed by atoms with van der Waals surface area (Å²) >= 11 is 0.921. The SMILES string of the molecule is CC(=O)OCC1=C(C(=O)O)N2C(=O)C(N)(C(F)F)[C@H]2SC1. The summed E-state index contributed by atoms with van der Waals surface area (Å²) in [5.74, 6) is -3.18. The number of hydrogen-bond acceptors (Lipinski definition) is 6. The van der Waals surface area contributed by atoms with E-state index in [1.807, 2.05) is 0 Å². The summed E-state index contributed by atoms with van der Waals surface area (Å²) in [5.41, 5.74) is 2.77. The third kappa shape index (κ3) is 2.27. The van der Waals surface area contributed by atoms with Crippen molar-refractivity contribution in [2.24, 2.45) is 5.73 Å². The fraction of sp³-hybridized carbons (Fsp3) is 0.545. The number of nitrogens with two attached hydrogens (primary N) is 1. The number of nitrogens with zero attached hydrogens (tertiary/aromatic N) is 1. The average Bonchev–Trinajstić information content (AvgIpc) is 2.41. The summed E-state index contributed by atoms with van der Waals surface area (Å²) in [6.07, 6.45) is -3.09. The Bertz CT molecular complexity index is 553. The molecule has 3 N–H and O–H groups in total. The number of fused-ring (bicyclic) bond motifs is 1. The Balaban J connectivity index is 2.33. The van der Waals surface area contributed by atoms with Gasteiger partial charge in [0, 0.05) is 18.2 Å². The van der Waals surface area contributed by atoms with Crippen LogP contribution < -0.4 is 5.73 Å². The molecule has 2 aliphatic heterocycles. The molecular formula is C11H12F2N2O5S. The minimum Gasteiger partial charge on any atom is -0.477 e. The standard InChI is InChI=1S/C11H12F2N2O5S/c1-4(16)20-2-5-3-21-10-11(14,8(12)13)9(19)15(10)6(5)7(17)18/h8,10H,2-3,14H2,1H3,(H,17,18)/t10-,11?/m1/s1. The predicted octanol–water partition coefficient (Wildman–Crippen LogP) is -0.234. The van der Waals surface area contributed by atoms with Gasteiger partial charge in [-0.1, -0.05) is 0 Å². The molecular weight excluding hydrogens is 310 g/mol. The number of alkyl halides is 2. The number of aliphatic carboxylic acids is 1. The monoisotopic (exact) mass is 322 g/mol. The zero-order valence-electron chi connectivity index (χ0n) is 10.8. The summed E-state index contributed by atoms with van der Waals surface area (Å²) in [4.78, 5) is 34.7. The Kier molecular flexibility index (Phi) is 3.93. The fourth-order valence-corrected chi connectivity index (χ4v) is 3.58. The molecule has 2 atom stereocenters. The van der Waals surface area contributed by atoms with E-state index in [4.69, 9.17) is 10.5 Å². The Hall–Kier alpha value is -1.68. The Labute approximate surface area is 122 Å². The Morgan fingerprint density at radius 1 is 1.62 bits per heavy atom. The van der Waals surface area contributed by atoms with Crippen LogP contribution >= 0.6 is 11.8 Å². The number of carbonyl (C=O) groups is 3. The minimum atomic E-state index is -3.09. The molecule has 0 bridgehead atoms. The van der Waals surface area contributed by atoms with Crippen molar-refractivity contribution in [1.29, 1.82) is 0 Å². The van der Waals surface area contributed by atoms with Gasteiger partial charge in [-0.3, -0.25) is 14.5 Å². The lowest BCUT2D eigenvalue weighted by Gasteiger charge is -2.54. The van der Waals surface area contributed by atoms with E-state index in [2.05, 4.69) is 0 Å². The minimum absolute atomic E-state index is 0.0367. The first-order chi connectivity index (χ1) is 9.71. The molecule has 0 aromatic carbocycles. The van der Waals surface area contributed by atoms with Gasteiger partial charge in [-0.05, 0) is 0 Å². The largest absolute Gasteiger partial charge is 0.477 e. The molecule has 0 aromatic heterocycles. The maximum atomic E-state index is 12.9. The fourth-order valence-electron chi connectivity index (χ4n) is 2.17. The lowest BCUT2D eigenvalue weighted by molar-refractivity contribution is -0.164. The van der Waals surface area contributed by atoms with Gasteiger partial charge in [-0.15, -0.1) is 11.8 Å². The molecule has 1 amide bonds. The lowest BCUT2D eigenvalue weighted by atomic mass is 9.88. The molecule has 2 aliphatic rings. The Morgan fingerprint density at radius 2 is 2.24 bits per heavy atom. The number of ether oxygens (including phenoxy) is 1. The van der Waals surface area contributed by atoms with Crippen LogP contribution in [0.3, 0.4) is 0 Å². The third-order valence-electron chi connectivity index (χ3n) is 3.24. The number of carboxylic acids is 1. The quantitative estimate of drug-likeness (QED) is 0.543. The molecule has 0 aliphatic carbocycles. The molecule has 0 aromatic rings. The van der Waals surface area contributed by atoms with Gasteiger partial charge in [-0.2, -0.15) is 0 Å². The van der Waals surface area contributed by atoms with E-state index in [-0.39, 0.29) is 17.9 Å². The number of esters is 1. The smallest absolute Gasteiger partial charge is 0.352 e.